The van der Waals surface area contributed by atoms with Crippen molar-refractivity contribution < 1.29 is 23.5 Å². The molecule has 2 amide bonds. The number of carbonyl (C=O) groups excluding carboxylic acids is 3. The van der Waals surface area contributed by atoms with Crippen molar-refractivity contribution in [2.45, 2.75) is 33.2 Å². The molecule has 1 aromatic rings. The van der Waals surface area contributed by atoms with Crippen LogP contribution in [0, 0.1) is 5.82 Å². The lowest BCUT2D eigenvalue weighted by Crippen LogP contribution is -2.45. The first-order valence-electron chi connectivity index (χ1n) is 9.22. The Morgan fingerprint density at radius 2 is 2.00 bits per heavy atom. The summed E-state index contributed by atoms with van der Waals surface area (Å²) in [6, 6.07) is 3.17. The molecule has 0 aromatic heterocycles. The van der Waals surface area contributed by atoms with Crippen LogP contribution >= 0.6 is 11.8 Å². The number of allylic oxidation sites excluding steroid dienone is 1. The molecule has 29 heavy (non-hydrogen) atoms. The molecular formula is C21H23FN2O4S. The van der Waals surface area contributed by atoms with Crippen molar-refractivity contribution in [3.8, 4) is 0 Å². The van der Waals surface area contributed by atoms with Crippen LogP contribution in [0.25, 0.3) is 11.6 Å². The zero-order valence-electron chi connectivity index (χ0n) is 17.0. The molecule has 1 fully saturated rings. The van der Waals surface area contributed by atoms with Gasteiger partial charge in [-0.15, -0.1) is 0 Å². The Bertz CT molecular complexity index is 968. The third-order valence-corrected chi connectivity index (χ3v) is 5.99. The van der Waals surface area contributed by atoms with Gasteiger partial charge in [0.15, 0.2) is 0 Å². The summed E-state index contributed by atoms with van der Waals surface area (Å²) in [5, 5.41) is -0.583. The monoisotopic (exact) mass is 418 g/mol. The standard InChI is InChI=1S/C21H23FN2O4S/c1-6-24-16-9-15(22)13(7-14(16)12(2)10-21(24,3)4)8-17-19(26)23(20(27)29-17)11-18(25)28-5/h7-10H,6,11H2,1-5H3/b17-8-. The zero-order chi connectivity index (χ0) is 21.5. The van der Waals surface area contributed by atoms with Crippen LogP contribution in [0.5, 0.6) is 0 Å². The minimum atomic E-state index is -0.698. The van der Waals surface area contributed by atoms with E-state index in [4.69, 9.17) is 0 Å². The van der Waals surface area contributed by atoms with Gasteiger partial charge in [0.25, 0.3) is 11.1 Å². The number of ether oxygens (including phenoxy) is 1. The summed E-state index contributed by atoms with van der Waals surface area (Å²) < 4.78 is 19.4. The third-order valence-electron chi connectivity index (χ3n) is 5.09. The highest BCUT2D eigenvalue weighted by atomic mass is 32.2. The smallest absolute Gasteiger partial charge is 0.325 e. The quantitative estimate of drug-likeness (QED) is 0.543. The maximum atomic E-state index is 14.9. The lowest BCUT2D eigenvalue weighted by atomic mass is 9.88. The minimum Gasteiger partial charge on any atom is -0.468 e. The molecule has 2 heterocycles. The number of thioether (sulfide) groups is 1. The fourth-order valence-electron chi connectivity index (χ4n) is 3.77. The summed E-state index contributed by atoms with van der Waals surface area (Å²) in [5.74, 6) is -1.81. The van der Waals surface area contributed by atoms with Crippen LogP contribution in [0.2, 0.25) is 0 Å². The van der Waals surface area contributed by atoms with Crippen LogP contribution in [-0.4, -0.2) is 47.8 Å². The van der Waals surface area contributed by atoms with E-state index in [1.807, 2.05) is 13.8 Å². The largest absolute Gasteiger partial charge is 0.468 e. The summed E-state index contributed by atoms with van der Waals surface area (Å²) >= 11 is 0.680. The normalized spacial score (nSPS) is 19.5. The average Bonchev–Trinajstić information content (AvgIpc) is 2.90. The van der Waals surface area contributed by atoms with Crippen molar-refractivity contribution in [1.29, 1.82) is 0 Å². The molecule has 154 valence electrons. The van der Waals surface area contributed by atoms with Gasteiger partial charge in [0.05, 0.1) is 17.6 Å². The molecule has 0 N–H and O–H groups in total. The van der Waals surface area contributed by atoms with Crippen LogP contribution in [-0.2, 0) is 14.3 Å². The molecule has 3 rings (SSSR count). The van der Waals surface area contributed by atoms with Crippen molar-refractivity contribution in [2.24, 2.45) is 0 Å². The molecule has 0 spiro atoms. The number of hydrogen-bond acceptors (Lipinski definition) is 6. The van der Waals surface area contributed by atoms with E-state index in [2.05, 4.69) is 29.6 Å². The lowest BCUT2D eigenvalue weighted by Gasteiger charge is -2.42. The van der Waals surface area contributed by atoms with Crippen LogP contribution in [0.4, 0.5) is 14.9 Å². The molecule has 0 aliphatic carbocycles. The molecule has 2 aliphatic rings. The summed E-state index contributed by atoms with van der Waals surface area (Å²) in [5.41, 5.74) is 2.67. The summed E-state index contributed by atoms with van der Waals surface area (Å²) in [7, 11) is 1.18. The van der Waals surface area contributed by atoms with Gasteiger partial charge < -0.3 is 9.64 Å². The van der Waals surface area contributed by atoms with Gasteiger partial charge in [0, 0.05) is 23.4 Å². The van der Waals surface area contributed by atoms with E-state index in [0.29, 0.717) is 11.8 Å². The molecule has 8 heteroatoms. The highest BCUT2D eigenvalue weighted by Crippen LogP contribution is 2.41. The number of halogens is 1. The van der Waals surface area contributed by atoms with E-state index >= 15 is 0 Å². The first kappa shape index (κ1) is 21.1. The number of hydrogen-bond donors (Lipinski definition) is 0. The first-order valence-corrected chi connectivity index (χ1v) is 10.0. The molecule has 2 aliphatic heterocycles. The number of amides is 2. The predicted molar refractivity (Wildman–Crippen MR) is 112 cm³/mol. The van der Waals surface area contributed by atoms with E-state index in [1.54, 1.807) is 6.07 Å². The second-order valence-corrected chi connectivity index (χ2v) is 8.45. The molecule has 0 unspecified atom stereocenters. The topological polar surface area (TPSA) is 66.9 Å². The van der Waals surface area contributed by atoms with Crippen molar-refractivity contribution in [3.05, 3.63) is 40.1 Å². The summed E-state index contributed by atoms with van der Waals surface area (Å²) in [4.78, 5) is 39.0. The van der Waals surface area contributed by atoms with Gasteiger partial charge in [-0.05, 0) is 63.2 Å². The number of imide groups is 1. The van der Waals surface area contributed by atoms with E-state index in [1.165, 1.54) is 19.3 Å². The first-order chi connectivity index (χ1) is 13.6. The number of rotatable bonds is 4. The Hall–Kier alpha value is -2.61. The molecule has 6 nitrogen and oxygen atoms in total. The zero-order valence-corrected chi connectivity index (χ0v) is 17.9. The Morgan fingerprint density at radius 3 is 2.62 bits per heavy atom. The minimum absolute atomic E-state index is 0.0721. The van der Waals surface area contributed by atoms with Crippen LogP contribution in [0.15, 0.2) is 23.1 Å². The highest BCUT2D eigenvalue weighted by molar-refractivity contribution is 8.18. The van der Waals surface area contributed by atoms with Gasteiger partial charge in [-0.2, -0.15) is 0 Å². The van der Waals surface area contributed by atoms with E-state index in [-0.39, 0.29) is 16.0 Å². The Kier molecular flexibility index (Phi) is 5.58. The Balaban J connectivity index is 2.00. The fraction of sp³-hybridized carbons (Fsp3) is 0.381. The Morgan fingerprint density at radius 1 is 1.31 bits per heavy atom. The lowest BCUT2D eigenvalue weighted by molar-refractivity contribution is -0.143. The molecule has 0 bridgehead atoms. The van der Waals surface area contributed by atoms with Crippen molar-refractivity contribution in [3.63, 3.8) is 0 Å². The molecule has 0 radical (unpaired) electrons. The number of methoxy groups -OCH3 is 1. The number of carbonyl (C=O) groups is 3. The molecule has 0 atom stereocenters. The van der Waals surface area contributed by atoms with Gasteiger partial charge in [-0.1, -0.05) is 6.08 Å². The number of anilines is 1. The second kappa shape index (κ2) is 7.67. The van der Waals surface area contributed by atoms with E-state index in [0.717, 1.165) is 28.3 Å². The van der Waals surface area contributed by atoms with Gasteiger partial charge in [-0.25, -0.2) is 4.39 Å². The van der Waals surface area contributed by atoms with Gasteiger partial charge in [-0.3, -0.25) is 19.3 Å². The number of nitrogens with zero attached hydrogens (tertiary/aromatic N) is 2. The molecule has 1 saturated heterocycles. The van der Waals surface area contributed by atoms with Gasteiger partial charge >= 0.3 is 5.97 Å². The molecular weight excluding hydrogens is 395 g/mol. The van der Waals surface area contributed by atoms with Crippen molar-refractivity contribution in [1.82, 2.24) is 4.90 Å². The van der Waals surface area contributed by atoms with Crippen molar-refractivity contribution >= 4 is 46.2 Å². The predicted octanol–water partition coefficient (Wildman–Crippen LogP) is 4.06. The summed E-state index contributed by atoms with van der Waals surface area (Å²) in [6.07, 6.45) is 3.49. The fourth-order valence-corrected chi connectivity index (χ4v) is 4.60. The molecule has 0 saturated carbocycles. The highest BCUT2D eigenvalue weighted by Gasteiger charge is 2.37. The Labute approximate surface area is 173 Å². The van der Waals surface area contributed by atoms with Crippen LogP contribution in [0.3, 0.4) is 0 Å². The van der Waals surface area contributed by atoms with Crippen molar-refractivity contribution in [2.75, 3.05) is 25.1 Å². The van der Waals surface area contributed by atoms with Gasteiger partial charge in [0.2, 0.25) is 0 Å². The number of fused-ring (bicyclic) bond motifs is 1. The van der Waals surface area contributed by atoms with Gasteiger partial charge in [0.1, 0.15) is 12.4 Å². The second-order valence-electron chi connectivity index (χ2n) is 7.46. The maximum Gasteiger partial charge on any atom is 0.325 e. The van der Waals surface area contributed by atoms with E-state index < -0.39 is 29.5 Å². The number of likely N-dealkylation sites (N-methyl/N-ethyl adjacent to an activating group) is 1. The van der Waals surface area contributed by atoms with Crippen LogP contribution < -0.4 is 4.90 Å². The number of esters is 1. The number of benzene rings is 1. The average molecular weight is 418 g/mol. The maximum absolute atomic E-state index is 14.9. The third kappa shape index (κ3) is 3.81. The molecule has 1 aromatic carbocycles. The van der Waals surface area contributed by atoms with E-state index in [9.17, 15) is 18.8 Å². The van der Waals surface area contributed by atoms with Crippen LogP contribution in [0.1, 0.15) is 38.8 Å². The summed E-state index contributed by atoms with van der Waals surface area (Å²) in [6.45, 7) is 8.39. The SMILES string of the molecule is CCN1c2cc(F)c(/C=C3\SC(=O)N(CC(=O)OC)C3=O)cc2C(C)=CC1(C)C.